The van der Waals surface area contributed by atoms with Gasteiger partial charge in [0.05, 0.1) is 32.2 Å². The molecule has 0 spiro atoms. The number of hydrogen-bond acceptors (Lipinski definition) is 5. The molecule has 1 atom stereocenters. The Kier molecular flexibility index (Phi) is 5.01. The first kappa shape index (κ1) is 17.2. The van der Waals surface area contributed by atoms with Crippen molar-refractivity contribution in [1.29, 1.82) is 0 Å². The SMILES string of the molecule is C[C@H]1CN(Cn2nc(-c3ccco3)n(Cc3ccccc3)c2=S)CCO1. The second kappa shape index (κ2) is 7.57. The fraction of sp³-hybridized carbons (Fsp3) is 0.368. The molecular formula is C19H22N4O2S. The van der Waals surface area contributed by atoms with Crippen molar-refractivity contribution in [2.75, 3.05) is 19.7 Å². The molecule has 3 aromatic rings. The Morgan fingerprint density at radius 2 is 2.04 bits per heavy atom. The lowest BCUT2D eigenvalue weighted by Gasteiger charge is -2.30. The quantitative estimate of drug-likeness (QED) is 0.644. The minimum atomic E-state index is 0.230. The van der Waals surface area contributed by atoms with Crippen LogP contribution >= 0.6 is 12.2 Å². The van der Waals surface area contributed by atoms with E-state index >= 15 is 0 Å². The van der Waals surface area contributed by atoms with Gasteiger partial charge in [-0.25, -0.2) is 4.68 Å². The fourth-order valence-corrected chi connectivity index (χ4v) is 3.49. The molecule has 0 amide bonds. The van der Waals surface area contributed by atoms with Crippen molar-refractivity contribution in [3.63, 3.8) is 0 Å². The minimum absolute atomic E-state index is 0.230. The first-order valence-electron chi connectivity index (χ1n) is 8.80. The maximum atomic E-state index is 5.75. The third kappa shape index (κ3) is 3.65. The van der Waals surface area contributed by atoms with Gasteiger partial charge in [-0.05, 0) is 36.8 Å². The van der Waals surface area contributed by atoms with Crippen LogP contribution in [0.15, 0.2) is 53.1 Å². The van der Waals surface area contributed by atoms with Crippen LogP contribution < -0.4 is 0 Å². The van der Waals surface area contributed by atoms with Gasteiger partial charge in [0.1, 0.15) is 0 Å². The van der Waals surface area contributed by atoms with Crippen molar-refractivity contribution in [2.45, 2.75) is 26.2 Å². The van der Waals surface area contributed by atoms with E-state index in [9.17, 15) is 0 Å². The largest absolute Gasteiger partial charge is 0.461 e. The molecule has 1 aromatic carbocycles. The molecule has 2 aromatic heterocycles. The number of morpholine rings is 1. The van der Waals surface area contributed by atoms with Gasteiger partial charge in [-0.3, -0.25) is 9.47 Å². The average molecular weight is 370 g/mol. The molecule has 1 aliphatic rings. The van der Waals surface area contributed by atoms with E-state index in [1.807, 2.05) is 39.6 Å². The second-order valence-corrected chi connectivity index (χ2v) is 6.92. The summed E-state index contributed by atoms with van der Waals surface area (Å²) in [5, 5.41) is 4.77. The Morgan fingerprint density at radius 3 is 2.77 bits per heavy atom. The standard InChI is InChI=1S/C19H22N4O2S/c1-15-12-21(9-11-24-15)14-23-19(26)22(13-16-6-3-2-4-7-16)18(20-23)17-8-5-10-25-17/h2-8,10,15H,9,11-14H2,1H3/t15-/m0/s1. The normalized spacial score (nSPS) is 18.3. The first-order valence-corrected chi connectivity index (χ1v) is 9.21. The lowest BCUT2D eigenvalue weighted by Crippen LogP contribution is -2.42. The van der Waals surface area contributed by atoms with Gasteiger partial charge in [-0.1, -0.05) is 30.3 Å². The van der Waals surface area contributed by atoms with Gasteiger partial charge in [0, 0.05) is 13.1 Å². The third-order valence-corrected chi connectivity index (χ3v) is 4.94. The summed E-state index contributed by atoms with van der Waals surface area (Å²) in [7, 11) is 0. The fourth-order valence-electron chi connectivity index (χ4n) is 3.24. The molecule has 26 heavy (non-hydrogen) atoms. The lowest BCUT2D eigenvalue weighted by atomic mass is 10.2. The van der Waals surface area contributed by atoms with Gasteiger partial charge in [-0.2, -0.15) is 0 Å². The molecule has 1 saturated heterocycles. The van der Waals surface area contributed by atoms with Crippen LogP contribution in [-0.4, -0.2) is 45.0 Å². The van der Waals surface area contributed by atoms with Gasteiger partial charge in [0.25, 0.3) is 0 Å². The van der Waals surface area contributed by atoms with Crippen LogP contribution in [-0.2, 0) is 18.0 Å². The highest BCUT2D eigenvalue weighted by Crippen LogP contribution is 2.21. The molecule has 7 heteroatoms. The van der Waals surface area contributed by atoms with Crippen molar-refractivity contribution >= 4 is 12.2 Å². The third-order valence-electron chi connectivity index (χ3n) is 4.51. The molecule has 0 saturated carbocycles. The highest BCUT2D eigenvalue weighted by Gasteiger charge is 2.20. The predicted molar refractivity (Wildman–Crippen MR) is 101 cm³/mol. The summed E-state index contributed by atoms with van der Waals surface area (Å²) in [6.45, 7) is 5.91. The molecule has 1 fully saturated rings. The maximum absolute atomic E-state index is 5.75. The highest BCUT2D eigenvalue weighted by molar-refractivity contribution is 7.71. The van der Waals surface area contributed by atoms with E-state index in [0.29, 0.717) is 18.0 Å². The topological polar surface area (TPSA) is 48.4 Å². The molecule has 6 nitrogen and oxygen atoms in total. The van der Waals surface area contributed by atoms with Crippen molar-refractivity contribution < 1.29 is 9.15 Å². The van der Waals surface area contributed by atoms with Crippen LogP contribution in [0.1, 0.15) is 12.5 Å². The molecule has 0 N–H and O–H groups in total. The van der Waals surface area contributed by atoms with Crippen LogP contribution in [0.25, 0.3) is 11.6 Å². The number of benzene rings is 1. The summed E-state index contributed by atoms with van der Waals surface area (Å²) in [5.41, 5.74) is 1.18. The highest BCUT2D eigenvalue weighted by atomic mass is 32.1. The number of furan rings is 1. The Labute approximate surface area is 157 Å². The van der Waals surface area contributed by atoms with E-state index in [0.717, 1.165) is 31.3 Å². The van der Waals surface area contributed by atoms with E-state index in [4.69, 9.17) is 26.5 Å². The molecular weight excluding hydrogens is 348 g/mol. The maximum Gasteiger partial charge on any atom is 0.199 e. The molecule has 1 aliphatic heterocycles. The van der Waals surface area contributed by atoms with Crippen LogP contribution in [0.2, 0.25) is 0 Å². The molecule has 3 heterocycles. The predicted octanol–water partition coefficient (Wildman–Crippen LogP) is 3.40. The number of hydrogen-bond donors (Lipinski definition) is 0. The van der Waals surface area contributed by atoms with Gasteiger partial charge in [0.15, 0.2) is 16.4 Å². The van der Waals surface area contributed by atoms with Gasteiger partial charge in [0.2, 0.25) is 0 Å². The first-order chi connectivity index (χ1) is 12.7. The molecule has 4 rings (SSSR count). The molecule has 0 bridgehead atoms. The van der Waals surface area contributed by atoms with Crippen LogP contribution in [0.4, 0.5) is 0 Å². The second-order valence-electron chi connectivity index (χ2n) is 6.55. The zero-order valence-corrected chi connectivity index (χ0v) is 15.6. The average Bonchev–Trinajstić information content (AvgIpc) is 3.27. The van der Waals surface area contributed by atoms with Gasteiger partial charge < -0.3 is 9.15 Å². The molecule has 0 aliphatic carbocycles. The molecule has 136 valence electrons. The van der Waals surface area contributed by atoms with E-state index in [1.165, 1.54) is 5.56 Å². The van der Waals surface area contributed by atoms with Crippen molar-refractivity contribution in [3.8, 4) is 11.6 Å². The zero-order valence-electron chi connectivity index (χ0n) is 14.7. The van der Waals surface area contributed by atoms with E-state index < -0.39 is 0 Å². The molecule has 0 unspecified atom stereocenters. The monoisotopic (exact) mass is 370 g/mol. The molecule has 0 radical (unpaired) electrons. The summed E-state index contributed by atoms with van der Waals surface area (Å²) in [5.74, 6) is 1.48. The van der Waals surface area contributed by atoms with E-state index in [1.54, 1.807) is 6.26 Å². The Hall–Kier alpha value is -2.22. The number of ether oxygens (including phenoxy) is 1. The Bertz CT molecular complexity index is 902. The number of nitrogens with zero attached hydrogens (tertiary/aromatic N) is 4. The summed E-state index contributed by atoms with van der Waals surface area (Å²) in [6, 6.07) is 14.0. The zero-order chi connectivity index (χ0) is 17.9. The van der Waals surface area contributed by atoms with E-state index in [-0.39, 0.29) is 6.10 Å². The van der Waals surface area contributed by atoms with Crippen LogP contribution in [0.3, 0.4) is 0 Å². The Balaban J connectivity index is 1.67. The summed E-state index contributed by atoms with van der Waals surface area (Å²) in [4.78, 5) is 2.32. The number of rotatable bonds is 5. The summed E-state index contributed by atoms with van der Waals surface area (Å²) >= 11 is 5.75. The van der Waals surface area contributed by atoms with Gasteiger partial charge >= 0.3 is 0 Å². The Morgan fingerprint density at radius 1 is 1.19 bits per heavy atom. The minimum Gasteiger partial charge on any atom is -0.461 e. The smallest absolute Gasteiger partial charge is 0.199 e. The lowest BCUT2D eigenvalue weighted by molar-refractivity contribution is -0.0307. The van der Waals surface area contributed by atoms with Crippen LogP contribution in [0, 0.1) is 4.77 Å². The number of aromatic nitrogens is 3. The van der Waals surface area contributed by atoms with E-state index in [2.05, 4.69) is 24.0 Å². The van der Waals surface area contributed by atoms with Crippen LogP contribution in [0.5, 0.6) is 0 Å². The van der Waals surface area contributed by atoms with Crippen molar-refractivity contribution in [3.05, 3.63) is 59.1 Å². The van der Waals surface area contributed by atoms with Gasteiger partial charge in [-0.15, -0.1) is 5.10 Å². The van der Waals surface area contributed by atoms with Crippen molar-refractivity contribution in [2.24, 2.45) is 0 Å². The van der Waals surface area contributed by atoms with Crippen molar-refractivity contribution in [1.82, 2.24) is 19.2 Å². The summed E-state index contributed by atoms with van der Waals surface area (Å²) < 4.78 is 15.8. The summed E-state index contributed by atoms with van der Waals surface area (Å²) in [6.07, 6.45) is 1.89.